The predicted octanol–water partition coefficient (Wildman–Crippen LogP) is 0.575. The van der Waals surface area contributed by atoms with Gasteiger partial charge < -0.3 is 0 Å². The summed E-state index contributed by atoms with van der Waals surface area (Å²) < 4.78 is 1.56. The van der Waals surface area contributed by atoms with Gasteiger partial charge in [0.25, 0.3) is 0 Å². The second-order valence-corrected chi connectivity index (χ2v) is 7.61. The van der Waals surface area contributed by atoms with Crippen molar-refractivity contribution in [1.82, 2.24) is 0 Å². The molecule has 1 N–H and O–H groups in total. The third-order valence-corrected chi connectivity index (χ3v) is 4.50. The standard InChI is InChI=1S/C6H14OSi.Zr/c1-8(2)6-4-3-5-7;/h7-8H,3,5-6H2,1-2H3;/q;+2. The topological polar surface area (TPSA) is 20.2 Å². The van der Waals surface area contributed by atoms with Gasteiger partial charge in [0.1, 0.15) is 0 Å². The van der Waals surface area contributed by atoms with E-state index in [1.165, 1.54) is 30.3 Å². The van der Waals surface area contributed by atoms with Crippen molar-refractivity contribution in [2.45, 2.75) is 25.6 Å². The molecule has 0 aliphatic carbocycles. The Morgan fingerprint density at radius 3 is 2.44 bits per heavy atom. The fourth-order valence-corrected chi connectivity index (χ4v) is 5.20. The molecule has 1 nitrogen and oxygen atoms in total. The molecule has 0 saturated carbocycles. The molecule has 0 radical (unpaired) electrons. The van der Waals surface area contributed by atoms with E-state index in [-0.39, 0.29) is 8.80 Å². The van der Waals surface area contributed by atoms with Crippen LogP contribution in [0.2, 0.25) is 19.1 Å². The molecule has 0 aromatic rings. The quantitative estimate of drug-likeness (QED) is 0.689. The van der Waals surface area contributed by atoms with Crippen molar-refractivity contribution in [3.05, 3.63) is 0 Å². The van der Waals surface area contributed by atoms with Gasteiger partial charge in [0, 0.05) is 0 Å². The van der Waals surface area contributed by atoms with Crippen molar-refractivity contribution in [2.75, 3.05) is 6.61 Å². The van der Waals surface area contributed by atoms with Crippen molar-refractivity contribution >= 4 is 12.0 Å². The molecule has 9 heavy (non-hydrogen) atoms. The van der Waals surface area contributed by atoms with Gasteiger partial charge in [-0.3, -0.25) is 0 Å². The van der Waals surface area contributed by atoms with Crippen molar-refractivity contribution in [3.8, 4) is 0 Å². The first-order valence-electron chi connectivity index (χ1n) is 3.34. The molecule has 0 bridgehead atoms. The second kappa shape index (κ2) is 5.70. The van der Waals surface area contributed by atoms with E-state index < -0.39 is 0 Å². The van der Waals surface area contributed by atoms with Crippen LogP contribution in [0.25, 0.3) is 0 Å². The molecular formula is C6H14OSiZr+2. The van der Waals surface area contributed by atoms with E-state index in [1.54, 1.807) is 3.21 Å². The summed E-state index contributed by atoms with van der Waals surface area (Å²) in [5.74, 6) is 0. The molecule has 0 aliphatic heterocycles. The minimum atomic E-state index is -0.386. The fraction of sp³-hybridized carbons (Fsp3) is 0.833. The number of aliphatic hydroxyl groups is 1. The van der Waals surface area contributed by atoms with Gasteiger partial charge in [0.2, 0.25) is 0 Å². The van der Waals surface area contributed by atoms with Gasteiger partial charge in [0.15, 0.2) is 0 Å². The summed E-state index contributed by atoms with van der Waals surface area (Å²) >= 11 is 1.52. The maximum absolute atomic E-state index is 8.56. The molecular weight excluding hydrogens is 207 g/mol. The Morgan fingerprint density at radius 1 is 1.56 bits per heavy atom. The zero-order chi connectivity index (χ0) is 7.28. The van der Waals surface area contributed by atoms with Crippen LogP contribution in [0.3, 0.4) is 0 Å². The van der Waals surface area contributed by atoms with Crippen LogP contribution < -0.4 is 0 Å². The van der Waals surface area contributed by atoms with E-state index in [0.29, 0.717) is 6.61 Å². The molecule has 0 fully saturated rings. The zero-order valence-electron chi connectivity index (χ0n) is 6.15. The number of hydrogen-bond donors (Lipinski definition) is 1. The fourth-order valence-electron chi connectivity index (χ4n) is 0.730. The summed E-state index contributed by atoms with van der Waals surface area (Å²) in [5.41, 5.74) is 0. The van der Waals surface area contributed by atoms with E-state index >= 15 is 0 Å². The first-order valence-corrected chi connectivity index (χ1v) is 7.69. The average molecular weight is 221 g/mol. The van der Waals surface area contributed by atoms with Crippen LogP contribution in [0.5, 0.6) is 0 Å². The number of rotatable bonds is 4. The van der Waals surface area contributed by atoms with Gasteiger partial charge in [-0.05, 0) is 0 Å². The Labute approximate surface area is 73.4 Å². The summed E-state index contributed by atoms with van der Waals surface area (Å²) in [5, 5.41) is 8.56. The molecule has 0 heterocycles. The molecule has 0 aliphatic rings. The molecule has 0 amide bonds. The number of aliphatic hydroxyl groups excluding tert-OH is 1. The molecule has 0 saturated heterocycles. The zero-order valence-corrected chi connectivity index (χ0v) is 9.76. The van der Waals surface area contributed by atoms with Crippen molar-refractivity contribution < 1.29 is 29.3 Å². The number of hydrogen-bond acceptors (Lipinski definition) is 1. The van der Waals surface area contributed by atoms with Gasteiger partial charge in [-0.25, -0.2) is 0 Å². The third-order valence-electron chi connectivity index (χ3n) is 1.07. The monoisotopic (exact) mass is 220 g/mol. The molecule has 0 spiro atoms. The minimum absolute atomic E-state index is 0.349. The summed E-state index contributed by atoms with van der Waals surface area (Å²) in [6, 6.07) is 1.33. The van der Waals surface area contributed by atoms with E-state index in [4.69, 9.17) is 5.11 Å². The SMILES string of the molecule is C[SiH](C)C[C](=[Zr+2])CCO. The Bertz CT molecular complexity index is 93.1. The Balaban J connectivity index is 3.27. The summed E-state index contributed by atoms with van der Waals surface area (Å²) in [4.78, 5) is 0. The predicted molar refractivity (Wildman–Crippen MR) is 40.4 cm³/mol. The van der Waals surface area contributed by atoms with E-state index in [2.05, 4.69) is 13.1 Å². The Morgan fingerprint density at radius 2 is 2.11 bits per heavy atom. The molecule has 3 heteroatoms. The van der Waals surface area contributed by atoms with E-state index in [0.717, 1.165) is 6.42 Å². The van der Waals surface area contributed by atoms with Crippen LogP contribution in [0.4, 0.5) is 0 Å². The van der Waals surface area contributed by atoms with Crippen LogP contribution >= 0.6 is 0 Å². The van der Waals surface area contributed by atoms with Crippen molar-refractivity contribution in [1.29, 1.82) is 0 Å². The van der Waals surface area contributed by atoms with Crippen LogP contribution in [0, 0.1) is 0 Å². The molecule has 50 valence electrons. The maximum atomic E-state index is 8.56. The van der Waals surface area contributed by atoms with Crippen LogP contribution in [-0.4, -0.2) is 23.7 Å². The Kier molecular flexibility index (Phi) is 6.28. The van der Waals surface area contributed by atoms with Crippen LogP contribution in [-0.2, 0) is 24.2 Å². The molecule has 0 atom stereocenters. The second-order valence-electron chi connectivity index (χ2n) is 2.68. The van der Waals surface area contributed by atoms with E-state index in [9.17, 15) is 0 Å². The normalized spacial score (nSPS) is 10.4. The summed E-state index contributed by atoms with van der Waals surface area (Å²) in [6.45, 7) is 5.05. The van der Waals surface area contributed by atoms with Crippen LogP contribution in [0.15, 0.2) is 0 Å². The molecule has 0 aromatic heterocycles. The average Bonchev–Trinajstić information content (AvgIpc) is 1.63. The van der Waals surface area contributed by atoms with Gasteiger partial charge in [-0.15, -0.1) is 0 Å². The third kappa shape index (κ3) is 6.82. The molecule has 0 rings (SSSR count). The first kappa shape index (κ1) is 9.93. The van der Waals surface area contributed by atoms with Crippen LogP contribution in [0.1, 0.15) is 6.42 Å². The van der Waals surface area contributed by atoms with Gasteiger partial charge in [-0.2, -0.15) is 0 Å². The van der Waals surface area contributed by atoms with Gasteiger partial charge >= 0.3 is 73.5 Å². The Hall–Kier alpha value is 0.930. The van der Waals surface area contributed by atoms with Crippen molar-refractivity contribution in [2.24, 2.45) is 0 Å². The van der Waals surface area contributed by atoms with Gasteiger partial charge in [0.05, 0.1) is 0 Å². The summed E-state index contributed by atoms with van der Waals surface area (Å²) in [6.07, 6.45) is 0.948. The van der Waals surface area contributed by atoms with E-state index in [1.807, 2.05) is 0 Å². The molecule has 0 aromatic carbocycles. The van der Waals surface area contributed by atoms with Gasteiger partial charge in [-0.1, -0.05) is 0 Å². The molecule has 0 unspecified atom stereocenters. The van der Waals surface area contributed by atoms with Crippen molar-refractivity contribution in [3.63, 3.8) is 0 Å². The summed E-state index contributed by atoms with van der Waals surface area (Å²) in [7, 11) is -0.386. The first-order chi connectivity index (χ1) is 4.16.